The average molecular weight is 1730 g/mol. The van der Waals surface area contributed by atoms with E-state index in [4.69, 9.17) is 20.4 Å². The molecule has 15 aromatic heterocycles. The molecule has 0 unspecified atom stereocenters. The van der Waals surface area contributed by atoms with Crippen LogP contribution in [0.4, 0.5) is 19.6 Å². The Bertz CT molecular complexity index is 7200. The van der Waals surface area contributed by atoms with E-state index in [0.29, 0.717) is 82.9 Å². The fourth-order valence-corrected chi connectivity index (χ4v) is 18.4. The van der Waals surface area contributed by atoms with Gasteiger partial charge in [-0.1, -0.05) is 101 Å². The van der Waals surface area contributed by atoms with Crippen LogP contribution in [0.5, 0.6) is 0 Å². The highest BCUT2D eigenvalue weighted by atomic mass is 35.5. The van der Waals surface area contributed by atoms with E-state index in [1.54, 1.807) is 99.5 Å². The number of amides is 1. The van der Waals surface area contributed by atoms with Crippen LogP contribution in [0.2, 0.25) is 5.15 Å². The van der Waals surface area contributed by atoms with Crippen LogP contribution in [0, 0.1) is 63.3 Å². The van der Waals surface area contributed by atoms with E-state index in [9.17, 15) is 32.1 Å². The summed E-state index contributed by atoms with van der Waals surface area (Å²) in [6.45, 7) is 13.6. The van der Waals surface area contributed by atoms with Crippen LogP contribution < -0.4 is 5.32 Å². The number of sulfone groups is 1. The number of aryl methyl sites for hydroxylation is 6. The Balaban J connectivity index is 0.000000110. The van der Waals surface area contributed by atoms with Crippen molar-refractivity contribution in [3.05, 3.63) is 267 Å². The fraction of sp³-hybridized carbons (Fsp3) is 0.154. The number of nitrogens with zero attached hydrogens (tertiary/aromatic N) is 21. The van der Waals surface area contributed by atoms with Gasteiger partial charge in [0.05, 0.1) is 69.8 Å². The molecule has 15 heterocycles. The number of halogens is 3. The van der Waals surface area contributed by atoms with Gasteiger partial charge >= 0.3 is 0 Å². The van der Waals surface area contributed by atoms with Crippen molar-refractivity contribution in [1.82, 2.24) is 102 Å². The Kier molecular flexibility index (Phi) is 23.0. The minimum Gasteiger partial charge on any atom is -0.431 e. The topological polar surface area (TPSA) is 364 Å². The lowest BCUT2D eigenvalue weighted by Crippen LogP contribution is -2.11. The number of nitro groups is 1. The number of oxazole rings is 2. The first-order valence-electron chi connectivity index (χ1n) is 35.8. The predicted molar refractivity (Wildman–Crippen MR) is 452 cm³/mol. The monoisotopic (exact) mass is 1730 g/mol. The van der Waals surface area contributed by atoms with Gasteiger partial charge in [0, 0.05) is 125 Å². The lowest BCUT2D eigenvalue weighted by Gasteiger charge is -1.99. The van der Waals surface area contributed by atoms with Gasteiger partial charge in [-0.25, -0.2) is 92.0 Å². The van der Waals surface area contributed by atoms with Crippen molar-refractivity contribution < 1.29 is 35.8 Å². The summed E-state index contributed by atoms with van der Waals surface area (Å²) >= 11 is 15.2. The number of carbonyl (C=O) groups excluding carboxylic acids is 1. The lowest BCUT2D eigenvalue weighted by atomic mass is 10.3. The lowest BCUT2D eigenvalue weighted by molar-refractivity contribution is -0.384. The van der Waals surface area contributed by atoms with Crippen molar-refractivity contribution in [1.29, 1.82) is 0 Å². The average Bonchev–Trinajstić information content (AvgIpc) is 1.65. The SMILES string of the molecule is CCS(=O)(=O)c1ccc2oc(SCc3cn4c(C)cc(C)nc4n3)nc2c1.Cc1cc(C)n2cc(CSc3nc4cc([N+](=O)[O-])ccc4o3)nc2n1.Cc1cc(C)n2cc(CSc3nc4ccccc4[nH]3)nc2n1.Clc1c(CSc2nc3ccccc3s2)nc2ncccn12.O=C(Nc1nc2cc(F)c(F)cc2s1)c1cn2cccnc2n1. The molecule has 0 aliphatic rings. The fourth-order valence-electron chi connectivity index (χ4n) is 12.1. The van der Waals surface area contributed by atoms with Crippen molar-refractivity contribution in [2.75, 3.05) is 11.1 Å². The van der Waals surface area contributed by atoms with E-state index in [2.05, 4.69) is 104 Å². The molecule has 118 heavy (non-hydrogen) atoms. The second kappa shape index (κ2) is 34.1. The minimum absolute atomic E-state index is 0.00498. The summed E-state index contributed by atoms with van der Waals surface area (Å²) in [5.74, 6) is 3.37. The Morgan fingerprint density at radius 3 is 1.72 bits per heavy atom. The smallest absolute Gasteiger partial charge is 0.277 e. The molecule has 0 atom stereocenters. The first-order valence-corrected chi connectivity index (χ1v) is 43.4. The van der Waals surface area contributed by atoms with Gasteiger partial charge < -0.3 is 13.8 Å². The molecular weight excluding hydrogens is 1670 g/mol. The number of hydrogen-bond acceptors (Lipinski definition) is 28. The molecular formula is C78H62ClF2N23O7S7. The first-order chi connectivity index (χ1) is 56.9. The number of fused-ring (bicyclic) bond motifs is 10. The first kappa shape index (κ1) is 79.6. The molecule has 1 amide bonds. The Morgan fingerprint density at radius 2 is 1.12 bits per heavy atom. The van der Waals surface area contributed by atoms with Gasteiger partial charge in [0.15, 0.2) is 47.3 Å². The number of anilines is 1. The van der Waals surface area contributed by atoms with E-state index >= 15 is 0 Å². The number of nitro benzene ring substituents is 1. The third kappa shape index (κ3) is 18.0. The number of carbonyl (C=O) groups is 1. The molecule has 5 aromatic carbocycles. The number of non-ortho nitro benzene ring substituents is 1. The molecule has 20 aromatic rings. The molecule has 40 heteroatoms. The van der Waals surface area contributed by atoms with Crippen molar-refractivity contribution in [3.63, 3.8) is 0 Å². The van der Waals surface area contributed by atoms with E-state index in [1.165, 1.54) is 46.6 Å². The molecule has 0 saturated heterocycles. The number of H-pyrrole nitrogens is 1. The van der Waals surface area contributed by atoms with Gasteiger partial charge in [0.2, 0.25) is 28.9 Å². The van der Waals surface area contributed by atoms with Crippen LogP contribution in [0.15, 0.2) is 211 Å². The number of nitrogens with one attached hydrogen (secondary N) is 2. The van der Waals surface area contributed by atoms with Gasteiger partial charge in [-0.15, -0.1) is 11.3 Å². The zero-order chi connectivity index (χ0) is 82.0. The number of hydrogen-bond donors (Lipinski definition) is 2. The summed E-state index contributed by atoms with van der Waals surface area (Å²) in [5, 5.41) is 16.1. The molecule has 30 nitrogen and oxygen atoms in total. The molecule has 0 aliphatic carbocycles. The Labute approximate surface area is 696 Å². The van der Waals surface area contributed by atoms with Crippen LogP contribution >= 0.6 is 81.3 Å². The zero-order valence-corrected chi connectivity index (χ0v) is 69.5. The van der Waals surface area contributed by atoms with Gasteiger partial charge in [-0.05, 0) is 126 Å². The highest BCUT2D eigenvalue weighted by Gasteiger charge is 2.21. The third-order valence-corrected chi connectivity index (χ3v) is 25.5. The number of rotatable bonds is 17. The van der Waals surface area contributed by atoms with Crippen molar-refractivity contribution in [2.45, 2.75) is 96.3 Å². The molecule has 0 aliphatic heterocycles. The summed E-state index contributed by atoms with van der Waals surface area (Å²) in [6.07, 6.45) is 14.3. The summed E-state index contributed by atoms with van der Waals surface area (Å²) in [6, 6.07) is 37.0. The maximum absolute atomic E-state index is 13.2. The highest BCUT2D eigenvalue weighted by Crippen LogP contribution is 2.35. The van der Waals surface area contributed by atoms with Gasteiger partial charge in [-0.2, -0.15) is 0 Å². The van der Waals surface area contributed by atoms with Crippen LogP contribution in [-0.2, 0) is 32.8 Å². The van der Waals surface area contributed by atoms with Gasteiger partial charge in [0.1, 0.15) is 21.9 Å². The quantitative estimate of drug-likeness (QED) is 0.0486. The molecule has 594 valence electrons. The largest absolute Gasteiger partial charge is 0.431 e. The number of aromatic nitrogens is 21. The normalized spacial score (nSPS) is 11.6. The van der Waals surface area contributed by atoms with Crippen LogP contribution in [0.3, 0.4) is 0 Å². The Morgan fingerprint density at radius 1 is 0.542 bits per heavy atom. The summed E-state index contributed by atoms with van der Waals surface area (Å²) < 4.78 is 73.7. The molecule has 0 fully saturated rings. The maximum atomic E-state index is 13.2. The maximum Gasteiger partial charge on any atom is 0.277 e. The number of imidazole rings is 6. The van der Waals surface area contributed by atoms with Crippen molar-refractivity contribution in [2.24, 2.45) is 0 Å². The summed E-state index contributed by atoms with van der Waals surface area (Å²) in [7, 11) is -3.27. The van der Waals surface area contributed by atoms with Crippen LogP contribution in [-0.4, -0.2) is 127 Å². The number of para-hydroxylation sites is 3. The highest BCUT2D eigenvalue weighted by molar-refractivity contribution is 8.00. The standard InChI is InChI=1S/C18H18N4O3S2.C16H13N5O3S.C16H15N5S.C14H9ClN4S2.C14H7F2N5OS/c1-4-27(23,24)14-5-6-16-15(8-14)21-18(25-16)26-10-13-9-22-12(3)7-11(2)19-17(22)20-13;1-9-5-10(2)20-7-11(18-15(20)17-9)8-25-16-19-13-6-12(21(22)23)3-4-14(13)24-16;1-10-7-11(2)21-8-12(18-15(21)17-10)9-22-16-19-13-5-3-4-6-14(13)20-16;15-12-10(17-13-16-6-3-7-19(12)13)8-20-14-18-9-4-1-2-5-11(9)21-14;15-7-4-9-11(5-8(7)16)23-14(19-9)20-12(22)10-6-21-3-1-2-17-13(21)18-10/h5-9H,4,10H2,1-3H3;3-7H,8H2,1-2H3;3-8H,9H2,1-2H3,(H,19,20);1-7H,8H2;1-6H,(H,19,20,22). The zero-order valence-electron chi connectivity index (χ0n) is 63.0. The van der Waals surface area contributed by atoms with E-state index in [1.807, 2.05) is 133 Å². The second-order valence-corrected chi connectivity index (χ2v) is 34.9. The van der Waals surface area contributed by atoms with Crippen molar-refractivity contribution in [3.8, 4) is 0 Å². The van der Waals surface area contributed by atoms with E-state index in [0.717, 1.165) is 118 Å². The third-order valence-electron chi connectivity index (χ3n) is 17.6. The number of thiazole rings is 2. The second-order valence-electron chi connectivity index (χ2n) is 26.2. The Hall–Kier alpha value is -12.2. The van der Waals surface area contributed by atoms with Crippen LogP contribution in [0.1, 0.15) is 74.4 Å². The molecule has 0 bridgehead atoms. The molecule has 0 spiro atoms. The van der Waals surface area contributed by atoms with Gasteiger partial charge in [0.25, 0.3) is 22.0 Å². The molecule has 0 radical (unpaired) electrons. The predicted octanol–water partition coefficient (Wildman–Crippen LogP) is 17.9. The van der Waals surface area contributed by atoms with Gasteiger partial charge in [-0.3, -0.25) is 42.2 Å². The number of thioether (sulfide) groups is 4. The summed E-state index contributed by atoms with van der Waals surface area (Å²) in [4.78, 5) is 91.8. The van der Waals surface area contributed by atoms with Crippen molar-refractivity contribution >= 4 is 190 Å². The number of aromatic amines is 1. The molecule has 0 saturated carbocycles. The molecule has 20 rings (SSSR count). The van der Waals surface area contributed by atoms with E-state index < -0.39 is 32.3 Å². The summed E-state index contributed by atoms with van der Waals surface area (Å²) in [5.41, 5.74) is 15.3. The number of benzene rings is 5. The minimum atomic E-state index is -3.27. The van der Waals surface area contributed by atoms with Crippen LogP contribution in [0.25, 0.3) is 82.6 Å². The molecule has 2 N–H and O–H groups in total. The van der Waals surface area contributed by atoms with E-state index in [-0.39, 0.29) is 32.7 Å².